The van der Waals surface area contributed by atoms with E-state index in [0.29, 0.717) is 17.0 Å². The van der Waals surface area contributed by atoms with Crippen LogP contribution in [-0.4, -0.2) is 50.0 Å². The molecule has 2 atom stereocenters. The zero-order valence-electron chi connectivity index (χ0n) is 23.1. The Balaban J connectivity index is 2.12. The standard InChI is InChI=1S/C29H30Cl5N3O4S/c1-4-18(2)35-29(39)27(13-19-8-6-5-7-9-19)36(16-20-10-11-21(30)22(31)12-20)28(38)17-37(42(3,40)41)26-15-24(33)23(32)14-25(26)34/h5-12,14-15,18,27H,4,13,16-17H2,1-3H3,(H,35,39)/t18-,27+/m1/s1. The summed E-state index contributed by atoms with van der Waals surface area (Å²) in [6.07, 6.45) is 1.78. The molecule has 0 aliphatic rings. The van der Waals surface area contributed by atoms with Crippen LogP contribution < -0.4 is 9.62 Å². The predicted molar refractivity (Wildman–Crippen MR) is 173 cm³/mol. The number of hydrogen-bond donors (Lipinski definition) is 1. The highest BCUT2D eigenvalue weighted by atomic mass is 35.5. The first kappa shape index (κ1) is 34.3. The van der Waals surface area contributed by atoms with E-state index in [4.69, 9.17) is 58.0 Å². The van der Waals surface area contributed by atoms with Crippen molar-refractivity contribution >= 4 is 85.5 Å². The van der Waals surface area contributed by atoms with Crippen LogP contribution in [0, 0.1) is 0 Å². The van der Waals surface area contributed by atoms with Gasteiger partial charge in [-0.25, -0.2) is 8.42 Å². The van der Waals surface area contributed by atoms with Gasteiger partial charge >= 0.3 is 0 Å². The highest BCUT2D eigenvalue weighted by molar-refractivity contribution is 7.92. The molecule has 226 valence electrons. The molecule has 7 nitrogen and oxygen atoms in total. The van der Waals surface area contributed by atoms with Crippen molar-refractivity contribution in [1.82, 2.24) is 10.2 Å². The Morgan fingerprint density at radius 2 is 1.45 bits per heavy atom. The summed E-state index contributed by atoms with van der Waals surface area (Å²) >= 11 is 31.0. The molecule has 2 amide bonds. The molecular weight excluding hydrogens is 664 g/mol. The minimum Gasteiger partial charge on any atom is -0.352 e. The van der Waals surface area contributed by atoms with Gasteiger partial charge in [0.25, 0.3) is 0 Å². The molecule has 0 radical (unpaired) electrons. The highest BCUT2D eigenvalue weighted by Gasteiger charge is 2.34. The first-order valence-corrected chi connectivity index (χ1v) is 16.6. The van der Waals surface area contributed by atoms with Crippen molar-refractivity contribution in [3.63, 3.8) is 0 Å². The molecule has 3 aromatic rings. The van der Waals surface area contributed by atoms with E-state index in [2.05, 4.69) is 5.32 Å². The van der Waals surface area contributed by atoms with Crippen LogP contribution in [0.4, 0.5) is 5.69 Å². The molecule has 0 aliphatic heterocycles. The second kappa shape index (κ2) is 15.0. The zero-order valence-corrected chi connectivity index (χ0v) is 27.7. The number of carbonyl (C=O) groups excluding carboxylic acids is 2. The Morgan fingerprint density at radius 3 is 2.05 bits per heavy atom. The molecule has 0 saturated heterocycles. The lowest BCUT2D eigenvalue weighted by atomic mass is 10.0. The average Bonchev–Trinajstić information content (AvgIpc) is 2.93. The van der Waals surface area contributed by atoms with Crippen LogP contribution in [0.3, 0.4) is 0 Å². The summed E-state index contributed by atoms with van der Waals surface area (Å²) in [5.41, 5.74) is 1.37. The molecule has 0 saturated carbocycles. The number of nitrogens with zero attached hydrogens (tertiary/aromatic N) is 2. The van der Waals surface area contributed by atoms with Crippen LogP contribution in [0.5, 0.6) is 0 Å². The van der Waals surface area contributed by atoms with Crippen molar-refractivity contribution in [1.29, 1.82) is 0 Å². The molecule has 0 fully saturated rings. The molecule has 13 heteroatoms. The molecule has 0 bridgehead atoms. The highest BCUT2D eigenvalue weighted by Crippen LogP contribution is 2.36. The lowest BCUT2D eigenvalue weighted by Gasteiger charge is -2.34. The molecule has 0 aromatic heterocycles. The Hall–Kier alpha value is -2.20. The predicted octanol–water partition coefficient (Wildman–Crippen LogP) is 7.27. The Kier molecular flexibility index (Phi) is 12.2. The van der Waals surface area contributed by atoms with E-state index < -0.39 is 28.5 Å². The molecule has 0 heterocycles. The fraction of sp³-hybridized carbons (Fsp3) is 0.310. The average molecular weight is 694 g/mol. The number of rotatable bonds is 12. The minimum atomic E-state index is -4.05. The van der Waals surface area contributed by atoms with Crippen molar-refractivity contribution in [2.45, 2.75) is 45.3 Å². The topological polar surface area (TPSA) is 86.8 Å². The van der Waals surface area contributed by atoms with Crippen molar-refractivity contribution < 1.29 is 18.0 Å². The first-order chi connectivity index (χ1) is 19.7. The lowest BCUT2D eigenvalue weighted by molar-refractivity contribution is -0.140. The Morgan fingerprint density at radius 1 is 0.833 bits per heavy atom. The smallest absolute Gasteiger partial charge is 0.244 e. The van der Waals surface area contributed by atoms with Gasteiger partial charge in [-0.2, -0.15) is 0 Å². The number of benzene rings is 3. The van der Waals surface area contributed by atoms with E-state index in [0.717, 1.165) is 16.1 Å². The van der Waals surface area contributed by atoms with Crippen LogP contribution in [0.2, 0.25) is 25.1 Å². The monoisotopic (exact) mass is 691 g/mol. The molecule has 3 aromatic carbocycles. The third kappa shape index (κ3) is 9.15. The summed E-state index contributed by atoms with van der Waals surface area (Å²) in [6.45, 7) is 3.06. The summed E-state index contributed by atoms with van der Waals surface area (Å²) in [4.78, 5) is 29.2. The van der Waals surface area contributed by atoms with Gasteiger partial charge in [-0.05, 0) is 48.7 Å². The number of amides is 2. The summed E-state index contributed by atoms with van der Waals surface area (Å²) in [5, 5.41) is 3.72. The Bertz CT molecular complexity index is 1540. The Labute approximate surface area is 271 Å². The van der Waals surface area contributed by atoms with E-state index in [1.54, 1.807) is 18.2 Å². The summed E-state index contributed by atoms with van der Waals surface area (Å²) in [7, 11) is -4.05. The van der Waals surface area contributed by atoms with Gasteiger partial charge in [0, 0.05) is 19.0 Å². The quantitative estimate of drug-likeness (QED) is 0.202. The van der Waals surface area contributed by atoms with E-state index in [9.17, 15) is 18.0 Å². The maximum absolute atomic E-state index is 14.2. The number of hydrogen-bond acceptors (Lipinski definition) is 4. The van der Waals surface area contributed by atoms with Crippen molar-refractivity contribution in [2.24, 2.45) is 0 Å². The van der Waals surface area contributed by atoms with Gasteiger partial charge < -0.3 is 10.2 Å². The van der Waals surface area contributed by atoms with Crippen LogP contribution in [0.1, 0.15) is 31.4 Å². The van der Waals surface area contributed by atoms with Gasteiger partial charge in [0.2, 0.25) is 21.8 Å². The third-order valence-electron chi connectivity index (χ3n) is 6.55. The zero-order chi connectivity index (χ0) is 31.2. The summed E-state index contributed by atoms with van der Waals surface area (Å²) in [5.74, 6) is -1.05. The SMILES string of the molecule is CC[C@@H](C)NC(=O)[C@H](Cc1ccccc1)N(Cc1ccc(Cl)c(Cl)c1)C(=O)CN(c1cc(Cl)c(Cl)cc1Cl)S(C)(=O)=O. The lowest BCUT2D eigenvalue weighted by Crippen LogP contribution is -2.54. The first-order valence-electron chi connectivity index (χ1n) is 12.9. The molecule has 1 N–H and O–H groups in total. The van der Waals surface area contributed by atoms with Crippen molar-refractivity contribution in [3.05, 3.63) is 96.9 Å². The van der Waals surface area contributed by atoms with Gasteiger partial charge in [-0.1, -0.05) is 101 Å². The van der Waals surface area contributed by atoms with Gasteiger partial charge in [0.05, 0.1) is 37.1 Å². The minimum absolute atomic E-state index is 0.0194. The van der Waals surface area contributed by atoms with Gasteiger partial charge in [0.15, 0.2) is 0 Å². The molecular formula is C29H30Cl5N3O4S. The number of anilines is 1. The number of carbonyl (C=O) groups is 2. The maximum Gasteiger partial charge on any atom is 0.244 e. The molecule has 0 unspecified atom stereocenters. The van der Waals surface area contributed by atoms with Gasteiger partial charge in [-0.3, -0.25) is 13.9 Å². The third-order valence-corrected chi connectivity index (χ3v) is 9.44. The number of nitrogens with one attached hydrogen (secondary N) is 1. The van der Waals surface area contributed by atoms with E-state index in [1.807, 2.05) is 44.2 Å². The normalized spacial score (nSPS) is 12.9. The van der Waals surface area contributed by atoms with Crippen LogP contribution in [0.15, 0.2) is 60.7 Å². The van der Waals surface area contributed by atoms with Crippen LogP contribution in [-0.2, 0) is 32.6 Å². The largest absolute Gasteiger partial charge is 0.352 e. The van der Waals surface area contributed by atoms with E-state index >= 15 is 0 Å². The summed E-state index contributed by atoms with van der Waals surface area (Å²) < 4.78 is 26.8. The van der Waals surface area contributed by atoms with E-state index in [1.165, 1.54) is 17.0 Å². The second-order valence-corrected chi connectivity index (χ2v) is 13.7. The number of halogens is 5. The number of sulfonamides is 1. The van der Waals surface area contributed by atoms with Crippen LogP contribution >= 0.6 is 58.0 Å². The van der Waals surface area contributed by atoms with Crippen LogP contribution in [0.25, 0.3) is 0 Å². The maximum atomic E-state index is 14.2. The molecule has 0 spiro atoms. The van der Waals surface area contributed by atoms with Crippen molar-refractivity contribution in [2.75, 3.05) is 17.1 Å². The van der Waals surface area contributed by atoms with Crippen molar-refractivity contribution in [3.8, 4) is 0 Å². The fourth-order valence-corrected chi connectivity index (χ4v) is 5.99. The van der Waals surface area contributed by atoms with Gasteiger partial charge in [-0.15, -0.1) is 0 Å². The fourth-order valence-electron chi connectivity index (χ4n) is 4.13. The molecule has 42 heavy (non-hydrogen) atoms. The second-order valence-electron chi connectivity index (χ2n) is 9.78. The summed E-state index contributed by atoms with van der Waals surface area (Å²) in [6, 6.07) is 15.5. The molecule has 3 rings (SSSR count). The van der Waals surface area contributed by atoms with Gasteiger partial charge in [0.1, 0.15) is 12.6 Å². The molecule has 0 aliphatic carbocycles. The van der Waals surface area contributed by atoms with E-state index in [-0.39, 0.29) is 50.7 Å².